The number of benzene rings is 1. The summed E-state index contributed by atoms with van der Waals surface area (Å²) in [4.78, 5) is 14.2. The summed E-state index contributed by atoms with van der Waals surface area (Å²) in [7, 11) is -4.12. The van der Waals surface area contributed by atoms with E-state index in [9.17, 15) is 21.6 Å². The first-order valence-corrected chi connectivity index (χ1v) is 12.4. The number of piperidine rings is 1. The molecule has 27 heavy (non-hydrogen) atoms. The second kappa shape index (κ2) is 8.56. The number of halogens is 1. The molecule has 1 aromatic carbocycles. The quantitative estimate of drug-likeness (QED) is 0.602. The molecule has 0 unspecified atom stereocenters. The van der Waals surface area contributed by atoms with E-state index in [0.29, 0.717) is 25.9 Å². The van der Waals surface area contributed by atoms with E-state index >= 15 is 0 Å². The number of carbonyl (C=O) groups excluding carboxylic acids is 1. The van der Waals surface area contributed by atoms with E-state index in [0.717, 1.165) is 15.0 Å². The highest BCUT2D eigenvalue weighted by atomic mass is 79.9. The van der Waals surface area contributed by atoms with Gasteiger partial charge in [-0.25, -0.2) is 21.1 Å². The predicted molar refractivity (Wildman–Crippen MR) is 106 cm³/mol. The van der Waals surface area contributed by atoms with Gasteiger partial charge in [-0.15, -0.1) is 0 Å². The fourth-order valence-corrected chi connectivity index (χ4v) is 5.05. The molecule has 1 aliphatic heterocycles. The highest BCUT2D eigenvalue weighted by Crippen LogP contribution is 2.20. The molecule has 1 saturated heterocycles. The summed E-state index contributed by atoms with van der Waals surface area (Å²) < 4.78 is 51.5. The molecule has 1 amide bonds. The summed E-state index contributed by atoms with van der Waals surface area (Å²) in [5, 5.41) is 0. The van der Waals surface area contributed by atoms with Crippen molar-refractivity contribution in [1.82, 2.24) is 13.5 Å². The minimum absolute atomic E-state index is 0.120. The summed E-state index contributed by atoms with van der Waals surface area (Å²) in [6.45, 7) is 0.538. The van der Waals surface area contributed by atoms with Crippen LogP contribution in [0.2, 0.25) is 0 Å². The molecule has 1 heterocycles. The standard InChI is InChI=1S/C16H24BrN3O5S2/c1-18(27(24,25)15-6-4-13(17)5-7-15)12-16(21)20-10-8-14(9-11-20)19(2)26(3,22)23/h4-7,14H,8-12H2,1-3H3. The zero-order chi connectivity index (χ0) is 20.4. The molecule has 0 aliphatic carbocycles. The third kappa shape index (κ3) is 5.50. The number of carbonyl (C=O) groups is 1. The van der Waals surface area contributed by atoms with E-state index < -0.39 is 20.0 Å². The van der Waals surface area contributed by atoms with Gasteiger partial charge in [-0.05, 0) is 37.1 Å². The van der Waals surface area contributed by atoms with E-state index in [1.165, 1.54) is 30.5 Å². The van der Waals surface area contributed by atoms with Crippen molar-refractivity contribution in [1.29, 1.82) is 0 Å². The van der Waals surface area contributed by atoms with Crippen molar-refractivity contribution in [2.75, 3.05) is 40.0 Å². The van der Waals surface area contributed by atoms with Gasteiger partial charge in [0, 0.05) is 37.7 Å². The van der Waals surface area contributed by atoms with Crippen molar-refractivity contribution in [3.8, 4) is 0 Å². The van der Waals surface area contributed by atoms with Crippen LogP contribution >= 0.6 is 15.9 Å². The van der Waals surface area contributed by atoms with Crippen LogP contribution in [0.1, 0.15) is 12.8 Å². The largest absolute Gasteiger partial charge is 0.341 e. The molecule has 1 fully saturated rings. The number of sulfonamides is 2. The molecule has 0 atom stereocenters. The molecular formula is C16H24BrN3O5S2. The van der Waals surface area contributed by atoms with Crippen molar-refractivity contribution in [2.45, 2.75) is 23.8 Å². The Morgan fingerprint density at radius 2 is 1.63 bits per heavy atom. The van der Waals surface area contributed by atoms with Crippen molar-refractivity contribution >= 4 is 41.9 Å². The topological polar surface area (TPSA) is 95.1 Å². The Morgan fingerprint density at radius 3 is 2.11 bits per heavy atom. The minimum Gasteiger partial charge on any atom is -0.341 e. The molecule has 2 rings (SSSR count). The van der Waals surface area contributed by atoms with Crippen LogP contribution in [-0.2, 0) is 24.8 Å². The number of nitrogens with zero attached hydrogens (tertiary/aromatic N) is 3. The van der Waals surface area contributed by atoms with Crippen LogP contribution in [0.5, 0.6) is 0 Å². The van der Waals surface area contributed by atoms with Gasteiger partial charge >= 0.3 is 0 Å². The van der Waals surface area contributed by atoms with Gasteiger partial charge in [-0.1, -0.05) is 15.9 Å². The lowest BCUT2D eigenvalue weighted by Gasteiger charge is -2.36. The molecule has 0 N–H and O–H groups in total. The average Bonchev–Trinajstić information content (AvgIpc) is 2.60. The van der Waals surface area contributed by atoms with Gasteiger partial charge in [-0.2, -0.15) is 4.31 Å². The third-order valence-corrected chi connectivity index (χ3v) is 8.42. The van der Waals surface area contributed by atoms with Gasteiger partial charge in [0.25, 0.3) is 0 Å². The average molecular weight is 482 g/mol. The first kappa shape index (κ1) is 22.3. The lowest BCUT2D eigenvalue weighted by atomic mass is 10.1. The van der Waals surface area contributed by atoms with Crippen LogP contribution in [0.15, 0.2) is 33.6 Å². The zero-order valence-corrected chi connectivity index (χ0v) is 18.7. The molecule has 8 nitrogen and oxygen atoms in total. The fraction of sp³-hybridized carbons (Fsp3) is 0.562. The Balaban J connectivity index is 1.96. The van der Waals surface area contributed by atoms with Crippen LogP contribution in [0.3, 0.4) is 0 Å². The summed E-state index contributed by atoms with van der Waals surface area (Å²) in [5.74, 6) is -0.293. The smallest absolute Gasteiger partial charge is 0.243 e. The Labute approximate surface area is 169 Å². The monoisotopic (exact) mass is 481 g/mol. The highest BCUT2D eigenvalue weighted by Gasteiger charge is 2.31. The van der Waals surface area contributed by atoms with E-state index in [1.807, 2.05) is 0 Å². The summed E-state index contributed by atoms with van der Waals surface area (Å²) in [6, 6.07) is 6.07. The molecule has 1 aliphatic rings. The normalized spacial score (nSPS) is 16.9. The first-order valence-electron chi connectivity index (χ1n) is 8.35. The number of rotatable bonds is 6. The van der Waals surface area contributed by atoms with Gasteiger partial charge < -0.3 is 4.90 Å². The molecule has 1 aromatic rings. The Bertz CT molecular complexity index is 879. The SMILES string of the molecule is CN(C1CCN(C(=O)CN(C)S(=O)(=O)c2ccc(Br)cc2)CC1)S(C)(=O)=O. The lowest BCUT2D eigenvalue weighted by molar-refractivity contribution is -0.132. The Morgan fingerprint density at radius 1 is 1.11 bits per heavy atom. The molecule has 0 aromatic heterocycles. The maximum absolute atomic E-state index is 12.6. The highest BCUT2D eigenvalue weighted by molar-refractivity contribution is 9.10. The van der Waals surface area contributed by atoms with Crippen molar-refractivity contribution in [2.24, 2.45) is 0 Å². The maximum Gasteiger partial charge on any atom is 0.243 e. The molecule has 152 valence electrons. The van der Waals surface area contributed by atoms with Gasteiger partial charge in [0.1, 0.15) is 0 Å². The van der Waals surface area contributed by atoms with E-state index in [4.69, 9.17) is 0 Å². The van der Waals surface area contributed by atoms with Crippen LogP contribution in [0, 0.1) is 0 Å². The van der Waals surface area contributed by atoms with Crippen LogP contribution < -0.4 is 0 Å². The van der Waals surface area contributed by atoms with E-state index in [1.54, 1.807) is 17.0 Å². The first-order chi connectivity index (χ1) is 12.4. The summed E-state index contributed by atoms with van der Waals surface area (Å²) in [6.07, 6.45) is 2.21. The second-order valence-electron chi connectivity index (χ2n) is 6.61. The second-order valence-corrected chi connectivity index (χ2v) is 11.6. The number of likely N-dealkylation sites (N-methyl/N-ethyl adjacent to an activating group) is 1. The lowest BCUT2D eigenvalue weighted by Crippen LogP contribution is -2.49. The molecule has 0 bridgehead atoms. The molecule has 0 spiro atoms. The van der Waals surface area contributed by atoms with Crippen LogP contribution in [0.25, 0.3) is 0 Å². The number of likely N-dealkylation sites (tertiary alicyclic amines) is 1. The number of hydrogen-bond acceptors (Lipinski definition) is 5. The minimum atomic E-state index is -3.76. The molecular weight excluding hydrogens is 458 g/mol. The number of amides is 1. The molecule has 11 heteroatoms. The maximum atomic E-state index is 12.6. The summed E-state index contributed by atoms with van der Waals surface area (Å²) >= 11 is 3.26. The van der Waals surface area contributed by atoms with Crippen LogP contribution in [-0.4, -0.2) is 82.3 Å². The zero-order valence-electron chi connectivity index (χ0n) is 15.5. The van der Waals surface area contributed by atoms with E-state index in [-0.39, 0.29) is 23.4 Å². The molecule has 0 saturated carbocycles. The van der Waals surface area contributed by atoms with Gasteiger partial charge in [0.05, 0.1) is 17.7 Å². The molecule has 0 radical (unpaired) electrons. The summed E-state index contributed by atoms with van der Waals surface area (Å²) in [5.41, 5.74) is 0. The van der Waals surface area contributed by atoms with E-state index in [2.05, 4.69) is 15.9 Å². The Kier molecular flexibility index (Phi) is 7.06. The van der Waals surface area contributed by atoms with Crippen molar-refractivity contribution in [3.63, 3.8) is 0 Å². The Hall–Kier alpha value is -1.01. The fourth-order valence-electron chi connectivity index (χ4n) is 2.91. The van der Waals surface area contributed by atoms with Crippen molar-refractivity contribution < 1.29 is 21.6 Å². The van der Waals surface area contributed by atoms with Gasteiger partial charge in [-0.3, -0.25) is 4.79 Å². The van der Waals surface area contributed by atoms with Crippen LogP contribution in [0.4, 0.5) is 0 Å². The van der Waals surface area contributed by atoms with Crippen molar-refractivity contribution in [3.05, 3.63) is 28.7 Å². The van der Waals surface area contributed by atoms with Gasteiger partial charge in [0.2, 0.25) is 26.0 Å². The predicted octanol–water partition coefficient (Wildman–Crippen LogP) is 0.952. The van der Waals surface area contributed by atoms with Gasteiger partial charge in [0.15, 0.2) is 0 Å². The number of hydrogen-bond donors (Lipinski definition) is 0. The third-order valence-electron chi connectivity index (χ3n) is 4.73.